The highest BCUT2D eigenvalue weighted by Crippen LogP contribution is 2.66. The third-order valence-electron chi connectivity index (χ3n) is 15.2. The Hall–Kier alpha value is -7.56. The van der Waals surface area contributed by atoms with Crippen LogP contribution < -0.4 is 4.90 Å². The zero-order valence-electron chi connectivity index (χ0n) is 36.3. The van der Waals surface area contributed by atoms with Crippen LogP contribution >= 0.6 is 23.5 Å². The quantitative estimate of drug-likeness (QED) is 0.163. The molecule has 4 aliphatic rings. The molecular formula is C64H39NS2. The smallest absolute Gasteiger partial charge is 0.0736 e. The molecule has 0 atom stereocenters. The van der Waals surface area contributed by atoms with Gasteiger partial charge >= 0.3 is 0 Å². The summed E-state index contributed by atoms with van der Waals surface area (Å²) in [6, 6.07) is 89.7. The Balaban J connectivity index is 1.05. The molecule has 3 heteroatoms. The van der Waals surface area contributed by atoms with Crippen molar-refractivity contribution in [3.05, 3.63) is 281 Å². The molecular weight excluding hydrogens is 847 g/mol. The number of hydrogen-bond donors (Lipinski definition) is 0. The van der Waals surface area contributed by atoms with Gasteiger partial charge in [-0.1, -0.05) is 206 Å². The standard InChI is InChI=1S/C64H39NS2/c1-2-17-44-40(16-1)32-33-41-38-42(34-36-45(41)44)65(43-35-37-47-46-18-3-5-20-49(46)64(56(47)39-43)53-24-9-13-30-60(53)67-61-31-14-10-25-54(61)64)57-27-15-26-55-62(57)48-19-4-6-21-50(48)63(55)51-22-7-11-28-58(51)66-59-29-12-8-23-52(59)63/h1-39H. The summed E-state index contributed by atoms with van der Waals surface area (Å²) >= 11 is 3.79. The molecule has 0 bridgehead atoms. The van der Waals surface area contributed by atoms with E-state index in [1.54, 1.807) is 0 Å². The summed E-state index contributed by atoms with van der Waals surface area (Å²) in [6.07, 6.45) is 0. The lowest BCUT2D eigenvalue weighted by Crippen LogP contribution is -2.32. The molecule has 2 aliphatic heterocycles. The molecule has 0 amide bonds. The lowest BCUT2D eigenvalue weighted by molar-refractivity contribution is 0.722. The predicted octanol–water partition coefficient (Wildman–Crippen LogP) is 17.1. The summed E-state index contributed by atoms with van der Waals surface area (Å²) in [5.41, 5.74) is 18.2. The van der Waals surface area contributed by atoms with Gasteiger partial charge in [0.2, 0.25) is 0 Å². The van der Waals surface area contributed by atoms with Crippen molar-refractivity contribution in [2.75, 3.05) is 4.90 Å². The maximum atomic E-state index is 2.57. The topological polar surface area (TPSA) is 3.24 Å². The lowest BCUT2D eigenvalue weighted by atomic mass is 9.67. The lowest BCUT2D eigenvalue weighted by Gasteiger charge is -2.40. The molecule has 11 aromatic carbocycles. The van der Waals surface area contributed by atoms with E-state index in [1.165, 1.54) is 114 Å². The van der Waals surface area contributed by atoms with Crippen molar-refractivity contribution >= 4 is 62.1 Å². The Morgan fingerprint density at radius 1 is 0.284 bits per heavy atom. The van der Waals surface area contributed by atoms with Crippen LogP contribution in [0.1, 0.15) is 44.5 Å². The van der Waals surface area contributed by atoms with Crippen molar-refractivity contribution < 1.29 is 0 Å². The second-order valence-electron chi connectivity index (χ2n) is 18.2. The molecule has 0 unspecified atom stereocenters. The van der Waals surface area contributed by atoms with Gasteiger partial charge in [0, 0.05) is 36.5 Å². The number of anilines is 3. The normalized spacial score (nSPS) is 14.7. The fourth-order valence-electron chi connectivity index (χ4n) is 12.6. The average Bonchev–Trinajstić information content (AvgIpc) is 3.85. The van der Waals surface area contributed by atoms with Crippen LogP contribution in [0, 0.1) is 0 Å². The number of rotatable bonds is 3. The molecule has 2 aliphatic carbocycles. The zero-order chi connectivity index (χ0) is 43.8. The van der Waals surface area contributed by atoms with E-state index in [0.29, 0.717) is 0 Å². The molecule has 0 aromatic heterocycles. The Morgan fingerprint density at radius 2 is 0.731 bits per heavy atom. The first-order valence-corrected chi connectivity index (χ1v) is 24.8. The van der Waals surface area contributed by atoms with E-state index in [0.717, 1.165) is 11.4 Å². The number of nitrogens with zero attached hydrogens (tertiary/aromatic N) is 1. The van der Waals surface area contributed by atoms with Gasteiger partial charge in [-0.3, -0.25) is 0 Å². The van der Waals surface area contributed by atoms with Crippen molar-refractivity contribution in [2.24, 2.45) is 0 Å². The Kier molecular flexibility index (Phi) is 7.85. The van der Waals surface area contributed by atoms with Crippen LogP contribution in [0.15, 0.2) is 256 Å². The summed E-state index contributed by atoms with van der Waals surface area (Å²) in [6.45, 7) is 0. The van der Waals surface area contributed by atoms with Gasteiger partial charge in [-0.2, -0.15) is 0 Å². The van der Waals surface area contributed by atoms with Crippen LogP contribution in [0.4, 0.5) is 17.1 Å². The van der Waals surface area contributed by atoms with E-state index < -0.39 is 10.8 Å². The van der Waals surface area contributed by atoms with Crippen molar-refractivity contribution in [3.63, 3.8) is 0 Å². The fourth-order valence-corrected chi connectivity index (χ4v) is 15.0. The molecule has 15 rings (SSSR count). The van der Waals surface area contributed by atoms with Crippen molar-refractivity contribution in [3.8, 4) is 22.3 Å². The van der Waals surface area contributed by atoms with Gasteiger partial charge in [0.05, 0.1) is 16.5 Å². The SMILES string of the molecule is c1ccc2c(c1)Sc1ccccc1C21c2ccccc2-c2ccc(N(c3ccc4c(ccc5ccccc54)c3)c3cccc4c3-c3ccccc3C43c4ccccc4Sc4ccccc43)cc21. The van der Waals surface area contributed by atoms with Gasteiger partial charge in [0.15, 0.2) is 0 Å². The van der Waals surface area contributed by atoms with Gasteiger partial charge in [-0.15, -0.1) is 0 Å². The highest BCUT2D eigenvalue weighted by atomic mass is 32.2. The maximum absolute atomic E-state index is 2.57. The van der Waals surface area contributed by atoms with Crippen LogP contribution in [0.25, 0.3) is 43.8 Å². The number of benzene rings is 11. The van der Waals surface area contributed by atoms with Gasteiger partial charge in [-0.25, -0.2) is 0 Å². The average molecular weight is 886 g/mol. The van der Waals surface area contributed by atoms with E-state index in [1.807, 2.05) is 23.5 Å². The molecule has 2 heterocycles. The molecule has 0 radical (unpaired) electrons. The highest BCUT2D eigenvalue weighted by molar-refractivity contribution is 7.99. The first-order chi connectivity index (χ1) is 33.2. The third kappa shape index (κ3) is 4.92. The monoisotopic (exact) mass is 885 g/mol. The zero-order valence-corrected chi connectivity index (χ0v) is 37.9. The first kappa shape index (κ1) is 37.6. The largest absolute Gasteiger partial charge is 0.310 e. The molecule has 0 saturated heterocycles. The van der Waals surface area contributed by atoms with Crippen LogP contribution in [0.3, 0.4) is 0 Å². The molecule has 0 N–H and O–H groups in total. The van der Waals surface area contributed by atoms with E-state index >= 15 is 0 Å². The van der Waals surface area contributed by atoms with Crippen molar-refractivity contribution in [1.29, 1.82) is 0 Å². The van der Waals surface area contributed by atoms with Crippen LogP contribution in [-0.2, 0) is 10.8 Å². The van der Waals surface area contributed by atoms with Crippen LogP contribution in [0.2, 0.25) is 0 Å². The first-order valence-electron chi connectivity index (χ1n) is 23.2. The van der Waals surface area contributed by atoms with Gasteiger partial charge in [0.1, 0.15) is 0 Å². The fraction of sp³-hybridized carbons (Fsp3) is 0.0312. The second-order valence-corrected chi connectivity index (χ2v) is 20.4. The van der Waals surface area contributed by atoms with E-state index in [9.17, 15) is 0 Å². The Labute approximate surface area is 398 Å². The van der Waals surface area contributed by atoms with Gasteiger partial charge in [0.25, 0.3) is 0 Å². The summed E-state index contributed by atoms with van der Waals surface area (Å²) in [5.74, 6) is 0. The summed E-state index contributed by atoms with van der Waals surface area (Å²) in [7, 11) is 0. The van der Waals surface area contributed by atoms with E-state index in [2.05, 4.69) is 241 Å². The summed E-state index contributed by atoms with van der Waals surface area (Å²) in [5, 5.41) is 5.00. The summed E-state index contributed by atoms with van der Waals surface area (Å²) < 4.78 is 0. The molecule has 312 valence electrons. The minimum Gasteiger partial charge on any atom is -0.310 e. The molecule has 0 fully saturated rings. The Bertz CT molecular complexity index is 3830. The van der Waals surface area contributed by atoms with E-state index in [-0.39, 0.29) is 0 Å². The second kappa shape index (κ2) is 14.0. The van der Waals surface area contributed by atoms with Crippen LogP contribution in [-0.4, -0.2) is 0 Å². The van der Waals surface area contributed by atoms with Gasteiger partial charge < -0.3 is 4.90 Å². The summed E-state index contributed by atoms with van der Waals surface area (Å²) in [4.78, 5) is 7.80. The highest BCUT2D eigenvalue weighted by Gasteiger charge is 2.52. The Morgan fingerprint density at radius 3 is 1.39 bits per heavy atom. The van der Waals surface area contributed by atoms with Crippen molar-refractivity contribution in [2.45, 2.75) is 30.4 Å². The van der Waals surface area contributed by atoms with Crippen molar-refractivity contribution in [1.82, 2.24) is 0 Å². The van der Waals surface area contributed by atoms with Gasteiger partial charge in [-0.05, 0) is 137 Å². The third-order valence-corrected chi connectivity index (χ3v) is 17.5. The maximum Gasteiger partial charge on any atom is 0.0736 e. The number of hydrogen-bond acceptors (Lipinski definition) is 3. The minimum absolute atomic E-state index is 0.495. The predicted molar refractivity (Wildman–Crippen MR) is 279 cm³/mol. The van der Waals surface area contributed by atoms with E-state index in [4.69, 9.17) is 0 Å². The van der Waals surface area contributed by atoms with Crippen LogP contribution in [0.5, 0.6) is 0 Å². The molecule has 2 spiro atoms. The molecule has 1 nitrogen and oxygen atoms in total. The molecule has 0 saturated carbocycles. The minimum atomic E-state index is -0.503. The number of fused-ring (bicyclic) bond motifs is 21. The molecule has 11 aromatic rings. The molecule has 67 heavy (non-hydrogen) atoms.